The molecule has 0 N–H and O–H groups in total. The molecule has 2 bridgehead atoms. The van der Waals surface area contributed by atoms with Crippen molar-refractivity contribution in [2.45, 2.75) is 46.1 Å². The smallest absolute Gasteiger partial charge is 0.289 e. The Labute approximate surface area is 108 Å². The van der Waals surface area contributed by atoms with E-state index in [1.54, 1.807) is 18.4 Å². The Bertz CT molecular complexity index is 463. The Morgan fingerprint density at radius 3 is 2.83 bits per heavy atom. The first-order valence-corrected chi connectivity index (χ1v) is 6.73. The van der Waals surface area contributed by atoms with E-state index in [-0.39, 0.29) is 11.3 Å². The average Bonchev–Trinajstić information content (AvgIpc) is 2.82. The first-order chi connectivity index (χ1) is 8.39. The lowest BCUT2D eigenvalue weighted by Gasteiger charge is -2.39. The van der Waals surface area contributed by atoms with Crippen LogP contribution in [0.3, 0.4) is 0 Å². The van der Waals surface area contributed by atoms with E-state index < -0.39 is 0 Å². The third-order valence-corrected chi connectivity index (χ3v) is 4.41. The van der Waals surface area contributed by atoms with E-state index in [1.807, 2.05) is 4.90 Å². The zero-order valence-corrected chi connectivity index (χ0v) is 11.4. The summed E-state index contributed by atoms with van der Waals surface area (Å²) in [6.07, 6.45) is 5.03. The van der Waals surface area contributed by atoms with Gasteiger partial charge in [0.15, 0.2) is 5.76 Å². The molecule has 1 aromatic rings. The molecule has 1 amide bonds. The molecule has 1 aliphatic heterocycles. The summed E-state index contributed by atoms with van der Waals surface area (Å²) in [5, 5.41) is 0. The molecule has 1 saturated heterocycles. The van der Waals surface area contributed by atoms with Crippen molar-refractivity contribution in [2.24, 2.45) is 10.8 Å². The van der Waals surface area contributed by atoms with Crippen LogP contribution in [0.25, 0.3) is 0 Å². The summed E-state index contributed by atoms with van der Waals surface area (Å²) in [7, 11) is 0. The van der Waals surface area contributed by atoms with Gasteiger partial charge >= 0.3 is 0 Å². The second-order valence-corrected chi connectivity index (χ2v) is 7.12. The normalized spacial score (nSPS) is 33.7. The minimum atomic E-state index is 0.0615. The predicted octanol–water partition coefficient (Wildman–Crippen LogP) is 3.32. The minimum absolute atomic E-state index is 0.0615. The lowest BCUT2D eigenvalue weighted by Crippen LogP contribution is -2.37. The van der Waals surface area contributed by atoms with Crippen molar-refractivity contribution in [1.29, 1.82) is 0 Å². The van der Waals surface area contributed by atoms with Crippen LogP contribution in [0, 0.1) is 10.8 Å². The van der Waals surface area contributed by atoms with Gasteiger partial charge in [0.05, 0.1) is 6.26 Å². The molecule has 1 saturated carbocycles. The van der Waals surface area contributed by atoms with Gasteiger partial charge in [0.25, 0.3) is 5.91 Å². The molecule has 98 valence electrons. The zero-order valence-electron chi connectivity index (χ0n) is 11.4. The summed E-state index contributed by atoms with van der Waals surface area (Å²) in [5.41, 5.74) is 0.629. The molecule has 2 aliphatic rings. The van der Waals surface area contributed by atoms with Gasteiger partial charge in [0.2, 0.25) is 0 Å². The molecular weight excluding hydrogens is 226 g/mol. The highest BCUT2D eigenvalue weighted by Crippen LogP contribution is 2.52. The largest absolute Gasteiger partial charge is 0.459 e. The number of rotatable bonds is 1. The summed E-state index contributed by atoms with van der Waals surface area (Å²) in [6.45, 7) is 7.83. The summed E-state index contributed by atoms with van der Waals surface area (Å²) >= 11 is 0. The van der Waals surface area contributed by atoms with Gasteiger partial charge < -0.3 is 9.32 Å². The van der Waals surface area contributed by atoms with Crippen molar-refractivity contribution in [3.05, 3.63) is 24.2 Å². The third kappa shape index (κ3) is 1.86. The number of hydrogen-bond acceptors (Lipinski definition) is 2. The van der Waals surface area contributed by atoms with Crippen LogP contribution in [0.1, 0.15) is 50.6 Å². The third-order valence-electron chi connectivity index (χ3n) is 4.41. The molecule has 2 atom stereocenters. The van der Waals surface area contributed by atoms with Crippen molar-refractivity contribution < 1.29 is 9.21 Å². The van der Waals surface area contributed by atoms with E-state index in [1.165, 1.54) is 6.42 Å². The fourth-order valence-corrected chi connectivity index (χ4v) is 4.24. The van der Waals surface area contributed by atoms with Crippen LogP contribution in [0.4, 0.5) is 0 Å². The van der Waals surface area contributed by atoms with E-state index in [0.29, 0.717) is 17.2 Å². The van der Waals surface area contributed by atoms with Gasteiger partial charge in [-0.1, -0.05) is 20.8 Å². The Balaban J connectivity index is 1.86. The summed E-state index contributed by atoms with van der Waals surface area (Å²) in [6, 6.07) is 3.93. The maximum atomic E-state index is 12.4. The van der Waals surface area contributed by atoms with Gasteiger partial charge in [0.1, 0.15) is 0 Å². The topological polar surface area (TPSA) is 33.5 Å². The Hall–Kier alpha value is -1.25. The molecule has 1 aromatic heterocycles. The van der Waals surface area contributed by atoms with Crippen LogP contribution in [-0.2, 0) is 0 Å². The fourth-order valence-electron chi connectivity index (χ4n) is 4.24. The highest BCUT2D eigenvalue weighted by molar-refractivity contribution is 5.92. The van der Waals surface area contributed by atoms with Crippen LogP contribution in [-0.4, -0.2) is 23.4 Å². The Morgan fingerprint density at radius 2 is 2.17 bits per heavy atom. The molecule has 3 nitrogen and oxygen atoms in total. The van der Waals surface area contributed by atoms with Gasteiger partial charge in [-0.05, 0) is 42.2 Å². The fraction of sp³-hybridized carbons (Fsp3) is 0.667. The van der Waals surface area contributed by atoms with Crippen molar-refractivity contribution in [2.75, 3.05) is 6.54 Å². The summed E-state index contributed by atoms with van der Waals surface area (Å²) < 4.78 is 5.25. The zero-order chi connectivity index (χ0) is 13.0. The number of fused-ring (bicyclic) bond motifs is 2. The molecule has 18 heavy (non-hydrogen) atoms. The highest BCUT2D eigenvalue weighted by Gasteiger charge is 2.51. The molecule has 2 heterocycles. The van der Waals surface area contributed by atoms with Gasteiger partial charge in [-0.15, -0.1) is 0 Å². The molecule has 0 spiro atoms. The van der Waals surface area contributed by atoms with E-state index >= 15 is 0 Å². The number of likely N-dealkylation sites (tertiary alicyclic amines) is 1. The molecular formula is C15H21NO2. The minimum Gasteiger partial charge on any atom is -0.459 e. The molecule has 2 fully saturated rings. The van der Waals surface area contributed by atoms with Crippen molar-refractivity contribution in [3.8, 4) is 0 Å². The van der Waals surface area contributed by atoms with Crippen molar-refractivity contribution in [3.63, 3.8) is 0 Å². The quantitative estimate of drug-likeness (QED) is 0.762. The Kier molecular flexibility index (Phi) is 2.38. The van der Waals surface area contributed by atoms with Crippen LogP contribution >= 0.6 is 0 Å². The van der Waals surface area contributed by atoms with Crippen LogP contribution in [0.5, 0.6) is 0 Å². The number of amides is 1. The maximum absolute atomic E-state index is 12.4. The second-order valence-electron chi connectivity index (χ2n) is 7.12. The first-order valence-electron chi connectivity index (χ1n) is 6.73. The maximum Gasteiger partial charge on any atom is 0.289 e. The van der Waals surface area contributed by atoms with Crippen LogP contribution in [0.2, 0.25) is 0 Å². The van der Waals surface area contributed by atoms with Gasteiger partial charge in [-0.3, -0.25) is 4.79 Å². The summed E-state index contributed by atoms with van der Waals surface area (Å²) in [5.74, 6) is 0.537. The van der Waals surface area contributed by atoms with Gasteiger partial charge in [-0.25, -0.2) is 0 Å². The first kappa shape index (κ1) is 11.8. The highest BCUT2D eigenvalue weighted by atomic mass is 16.3. The average molecular weight is 247 g/mol. The second kappa shape index (κ2) is 3.62. The molecule has 3 heteroatoms. The molecule has 1 aliphatic carbocycles. The van der Waals surface area contributed by atoms with Crippen molar-refractivity contribution in [1.82, 2.24) is 4.90 Å². The van der Waals surface area contributed by atoms with Crippen LogP contribution in [0.15, 0.2) is 22.8 Å². The lowest BCUT2D eigenvalue weighted by molar-refractivity contribution is 0.0676. The standard InChI is InChI=1S/C15H21NO2/c1-14(2)7-11-8-15(3,9-14)10-16(11)13(17)12-5-4-6-18-12/h4-6,11H,7-10H2,1-3H3/t11-,15-/m0/s1. The number of nitrogens with zero attached hydrogens (tertiary/aromatic N) is 1. The number of furan rings is 1. The number of carbonyl (C=O) groups is 1. The molecule has 3 rings (SSSR count). The lowest BCUT2D eigenvalue weighted by atomic mass is 9.65. The molecule has 0 unspecified atom stereocenters. The Morgan fingerprint density at radius 1 is 1.39 bits per heavy atom. The summed E-state index contributed by atoms with van der Waals surface area (Å²) in [4.78, 5) is 14.5. The van der Waals surface area contributed by atoms with E-state index in [0.717, 1.165) is 19.4 Å². The molecule has 0 aromatic carbocycles. The SMILES string of the molecule is CC1(C)C[C@H]2C[C@](C)(CN2C(=O)c2ccco2)C1. The van der Waals surface area contributed by atoms with Gasteiger partial charge in [-0.2, -0.15) is 0 Å². The predicted molar refractivity (Wildman–Crippen MR) is 69.3 cm³/mol. The monoisotopic (exact) mass is 247 g/mol. The van der Waals surface area contributed by atoms with E-state index in [9.17, 15) is 4.79 Å². The van der Waals surface area contributed by atoms with Crippen molar-refractivity contribution >= 4 is 5.91 Å². The number of carbonyl (C=O) groups excluding carboxylic acids is 1. The van der Waals surface area contributed by atoms with E-state index in [2.05, 4.69) is 20.8 Å². The van der Waals surface area contributed by atoms with E-state index in [4.69, 9.17) is 4.42 Å². The molecule has 0 radical (unpaired) electrons. The van der Waals surface area contributed by atoms with Gasteiger partial charge in [0, 0.05) is 12.6 Å². The van der Waals surface area contributed by atoms with Crippen LogP contribution < -0.4 is 0 Å². The number of hydrogen-bond donors (Lipinski definition) is 0.